The molecular weight excluding hydrogens is 843 g/mol. The Labute approximate surface area is 425 Å². The third kappa shape index (κ3) is 8.22. The van der Waals surface area contributed by atoms with Crippen molar-refractivity contribution in [1.82, 2.24) is 0 Å². The van der Waals surface area contributed by atoms with Crippen LogP contribution in [0.3, 0.4) is 0 Å². The van der Waals surface area contributed by atoms with Crippen LogP contribution in [0.2, 0.25) is 0 Å². The maximum absolute atomic E-state index is 10.1. The molecule has 1 nitrogen and oxygen atoms in total. The lowest BCUT2D eigenvalue weighted by Gasteiger charge is -2.38. The zero-order valence-corrected chi connectivity index (χ0v) is 40.1. The van der Waals surface area contributed by atoms with Crippen LogP contribution in [-0.4, -0.2) is 6.04 Å². The molecule has 5 aliphatic rings. The maximum atomic E-state index is 10.1. The number of benzene rings is 6. The van der Waals surface area contributed by atoms with E-state index in [4.69, 9.17) is 0 Å². The van der Waals surface area contributed by atoms with Crippen molar-refractivity contribution in [3.8, 4) is 22.3 Å². The number of anilines is 1. The smallest absolute Gasteiger partial charge is 0.0714 e. The van der Waals surface area contributed by atoms with Crippen molar-refractivity contribution in [2.75, 3.05) is 4.90 Å². The highest BCUT2D eigenvalue weighted by Crippen LogP contribution is 2.57. The largest absolute Gasteiger partial charge is 0.338 e. The van der Waals surface area contributed by atoms with Gasteiger partial charge in [0.15, 0.2) is 0 Å². The van der Waals surface area contributed by atoms with Crippen molar-refractivity contribution in [2.24, 2.45) is 0 Å². The summed E-state index contributed by atoms with van der Waals surface area (Å²) in [6.45, 7) is 17.0. The van der Waals surface area contributed by atoms with Gasteiger partial charge in [0.05, 0.1) is 18.3 Å². The number of fused-ring (bicyclic) bond motifs is 6. The van der Waals surface area contributed by atoms with E-state index in [2.05, 4.69) is 160 Å². The van der Waals surface area contributed by atoms with E-state index in [1.807, 2.05) is 23.1 Å². The second-order valence-electron chi connectivity index (χ2n) is 19.2. The molecule has 5 aliphatic carbocycles. The first-order chi connectivity index (χ1) is 36.9. The van der Waals surface area contributed by atoms with Gasteiger partial charge in [-0.3, -0.25) is 0 Å². The molecule has 2 atom stereocenters. The second kappa shape index (κ2) is 19.5. The van der Waals surface area contributed by atoms with Crippen LogP contribution in [-0.2, 0) is 18.3 Å². The van der Waals surface area contributed by atoms with Crippen LogP contribution < -0.4 is 4.90 Å². The average molecular weight is 912 g/mol. The summed E-state index contributed by atoms with van der Waals surface area (Å²) in [4.78, 5) is 2.05. The molecule has 0 fully saturated rings. The summed E-state index contributed by atoms with van der Waals surface area (Å²) < 4.78 is 58.8. The van der Waals surface area contributed by atoms with Crippen LogP contribution in [0.5, 0.6) is 0 Å². The minimum absolute atomic E-state index is 0.0569. The molecule has 0 aliphatic heterocycles. The Morgan fingerprint density at radius 2 is 1.37 bits per heavy atom. The Morgan fingerprint density at radius 1 is 0.671 bits per heavy atom. The van der Waals surface area contributed by atoms with Crippen LogP contribution >= 0.6 is 0 Å². The van der Waals surface area contributed by atoms with Crippen LogP contribution in [0, 0.1) is 0 Å². The standard InChI is InChI=1S/C69H63N/c1-5-6-19-48(2)49(3)30-31-50(4)51-36-40-58(41-37-51)70(60-44-45-65-64-28-17-18-29-67(64)69(68(65)47-60,56-21-9-7-10-22-56)57-23-11-8-12-24-57)59-42-38-53(39-43-59)52-32-34-54(35-33-52)66-46-55-20-13-14-25-61(55)62-26-15-16-27-63(62)66/h5,7-13,16-18,20-24,27-29,32-36,38-40,42,44-47,59H,1-4,6,14-15,19,25-26,30-31,37,41,43H2/i32D,35D,38D,39D,42D,43D. The van der Waals surface area contributed by atoms with Gasteiger partial charge in [-0.2, -0.15) is 0 Å². The fourth-order valence-corrected chi connectivity index (χ4v) is 11.5. The summed E-state index contributed by atoms with van der Waals surface area (Å²) in [6.07, 6.45) is 21.8. The molecule has 0 saturated carbocycles. The van der Waals surface area contributed by atoms with Gasteiger partial charge in [-0.15, -0.1) is 6.58 Å². The van der Waals surface area contributed by atoms with Crippen molar-refractivity contribution in [2.45, 2.75) is 82.1 Å². The lowest BCUT2D eigenvalue weighted by Crippen LogP contribution is -2.35. The number of allylic oxidation sites excluding steroid dienone is 12. The average Bonchev–Trinajstić information content (AvgIpc) is 4.01. The summed E-state index contributed by atoms with van der Waals surface area (Å²) in [5.41, 5.74) is 18.6. The Balaban J connectivity index is 1.03. The fraction of sp³-hybridized carbons (Fsp3) is 0.188. The number of hydrogen-bond acceptors (Lipinski definition) is 1. The van der Waals surface area contributed by atoms with Crippen molar-refractivity contribution in [3.63, 3.8) is 0 Å². The highest BCUT2D eigenvalue weighted by molar-refractivity contribution is 5.89. The third-order valence-electron chi connectivity index (χ3n) is 15.1. The molecule has 6 aromatic carbocycles. The van der Waals surface area contributed by atoms with Crippen molar-refractivity contribution < 1.29 is 8.22 Å². The number of hydrogen-bond donors (Lipinski definition) is 0. The van der Waals surface area contributed by atoms with Gasteiger partial charge in [-0.05, 0) is 178 Å². The van der Waals surface area contributed by atoms with E-state index in [1.165, 1.54) is 16.7 Å². The maximum Gasteiger partial charge on any atom is 0.0714 e. The van der Waals surface area contributed by atoms with E-state index in [-0.39, 0.29) is 41.4 Å². The first-order valence-corrected chi connectivity index (χ1v) is 25.1. The van der Waals surface area contributed by atoms with Crippen LogP contribution in [0.4, 0.5) is 5.69 Å². The lowest BCUT2D eigenvalue weighted by molar-refractivity contribution is 0.711. The SMILES string of the molecule is [2H]C1=C([2H])C(N(C2=CC=C(C(=C)CCC(=C)C(=C)CCC=C)CC2)c2ccc3c(c2)C(c2ccccc2)(c2ccccc2)c2ccccc2-3)C([2H])C([2H])=C1c1cc([2H])c(-c2cc3c(c4c2C=CCC4)CCC=C3)cc1[2H]. The minimum atomic E-state index is -1.32. The fourth-order valence-electron chi connectivity index (χ4n) is 11.5. The zero-order chi connectivity index (χ0) is 52.8. The molecule has 0 N–H and O–H groups in total. The van der Waals surface area contributed by atoms with Gasteiger partial charge in [0.25, 0.3) is 0 Å². The van der Waals surface area contributed by atoms with Gasteiger partial charge in [0.2, 0.25) is 0 Å². The topological polar surface area (TPSA) is 3.24 Å². The molecule has 0 amide bonds. The van der Waals surface area contributed by atoms with Gasteiger partial charge >= 0.3 is 0 Å². The van der Waals surface area contributed by atoms with Crippen molar-refractivity contribution >= 4 is 23.4 Å². The van der Waals surface area contributed by atoms with Crippen LogP contribution in [0.25, 0.3) is 40.0 Å². The summed E-state index contributed by atoms with van der Waals surface area (Å²) in [5, 5.41) is 0. The van der Waals surface area contributed by atoms with E-state index in [9.17, 15) is 8.22 Å². The minimum Gasteiger partial charge on any atom is -0.338 e. The summed E-state index contributed by atoms with van der Waals surface area (Å²) in [6, 6.07) is 40.4. The van der Waals surface area contributed by atoms with E-state index >= 15 is 0 Å². The third-order valence-corrected chi connectivity index (χ3v) is 15.1. The van der Waals surface area contributed by atoms with Gasteiger partial charge in [-0.25, -0.2) is 0 Å². The number of rotatable bonds is 15. The van der Waals surface area contributed by atoms with Gasteiger partial charge in [-0.1, -0.05) is 206 Å². The Morgan fingerprint density at radius 3 is 2.14 bits per heavy atom. The predicted octanol–water partition coefficient (Wildman–Crippen LogP) is 17.9. The molecule has 0 saturated heterocycles. The van der Waals surface area contributed by atoms with Gasteiger partial charge < -0.3 is 4.90 Å². The monoisotopic (exact) mass is 912 g/mol. The molecule has 0 radical (unpaired) electrons. The van der Waals surface area contributed by atoms with Crippen molar-refractivity contribution in [3.05, 3.63) is 286 Å². The molecule has 2 unspecified atom stereocenters. The van der Waals surface area contributed by atoms with E-state index in [0.717, 1.165) is 130 Å². The Kier molecular flexibility index (Phi) is 10.7. The van der Waals surface area contributed by atoms with E-state index in [0.29, 0.717) is 18.4 Å². The van der Waals surface area contributed by atoms with Gasteiger partial charge in [0, 0.05) is 12.8 Å². The Hall–Kier alpha value is -7.48. The normalized spacial score (nSPS) is 19.7. The van der Waals surface area contributed by atoms with Crippen LogP contribution in [0.1, 0.15) is 116 Å². The highest BCUT2D eigenvalue weighted by atomic mass is 15.2. The lowest BCUT2D eigenvalue weighted by atomic mass is 9.67. The molecular formula is C69H63N. The molecule has 70 heavy (non-hydrogen) atoms. The van der Waals surface area contributed by atoms with E-state index in [1.54, 1.807) is 12.1 Å². The summed E-state index contributed by atoms with van der Waals surface area (Å²) in [5.74, 6) is 0. The first-order valence-electron chi connectivity index (χ1n) is 28.1. The molecule has 0 heterocycles. The zero-order valence-electron chi connectivity index (χ0n) is 46.1. The first kappa shape index (κ1) is 38.4. The van der Waals surface area contributed by atoms with Crippen molar-refractivity contribution in [1.29, 1.82) is 0 Å². The molecule has 344 valence electrons. The molecule has 11 rings (SSSR count). The van der Waals surface area contributed by atoms with Gasteiger partial charge in [0.1, 0.15) is 0 Å². The molecule has 0 aromatic heterocycles. The summed E-state index contributed by atoms with van der Waals surface area (Å²) >= 11 is 0. The second-order valence-corrected chi connectivity index (χ2v) is 19.2. The highest BCUT2D eigenvalue weighted by Gasteiger charge is 2.46. The van der Waals surface area contributed by atoms with E-state index < -0.39 is 17.9 Å². The molecule has 6 aromatic rings. The molecule has 0 bridgehead atoms. The number of nitrogens with zero attached hydrogens (tertiary/aromatic N) is 1. The quantitative estimate of drug-likeness (QED) is 0.0732. The van der Waals surface area contributed by atoms with Crippen LogP contribution in [0.15, 0.2) is 236 Å². The predicted molar refractivity (Wildman–Crippen MR) is 300 cm³/mol. The molecule has 0 spiro atoms. The Bertz CT molecular complexity index is 3540. The molecule has 1 heteroatoms. The summed E-state index contributed by atoms with van der Waals surface area (Å²) in [7, 11) is 0.